The molecule has 0 radical (unpaired) electrons. The average molecular weight is 593 g/mol. The van der Waals surface area contributed by atoms with Gasteiger partial charge in [-0.05, 0) is 48.9 Å². The molecular formula is C24H28F4N4O7S. The molecule has 2 aromatic rings. The number of carbonyl (C=O) groups excluding carboxylic acids is 1. The molecule has 3 rings (SSSR count). The standard InChI is InChI=1S/C22H27FN4O5S.C2HF3O2/c1-2-9-24-21(28)15-26-10-12-27(13-11-26)17-5-8-20(19(14-17)22(29)30)25-33(31,32)18-6-3-16(23)4-7-18;3-2(4,5)1(6)7/h3-8,14,25H,2,9-13,15H2,1H3,(H,24,28)(H,29,30);(H,6,7). The Balaban J connectivity index is 0.000000708. The maximum atomic E-state index is 13.1. The van der Waals surface area contributed by atoms with Gasteiger partial charge in [-0.15, -0.1) is 0 Å². The number of nitrogens with one attached hydrogen (secondary N) is 2. The number of anilines is 2. The molecule has 4 N–H and O–H groups in total. The van der Waals surface area contributed by atoms with Crippen LogP contribution in [0.2, 0.25) is 0 Å². The van der Waals surface area contributed by atoms with Crippen molar-refractivity contribution in [2.24, 2.45) is 0 Å². The van der Waals surface area contributed by atoms with E-state index in [0.717, 1.165) is 30.7 Å². The molecule has 0 spiro atoms. The number of carboxylic acids is 2. The number of alkyl halides is 3. The molecule has 16 heteroatoms. The Kier molecular flexibility index (Phi) is 11.2. The maximum Gasteiger partial charge on any atom is 0.490 e. The summed E-state index contributed by atoms with van der Waals surface area (Å²) in [6.45, 7) is 5.43. The van der Waals surface area contributed by atoms with E-state index in [1.807, 2.05) is 16.7 Å². The summed E-state index contributed by atoms with van der Waals surface area (Å²) in [5.74, 6) is -4.63. The van der Waals surface area contributed by atoms with Gasteiger partial charge < -0.3 is 20.4 Å². The zero-order valence-electron chi connectivity index (χ0n) is 21.2. The lowest BCUT2D eigenvalue weighted by molar-refractivity contribution is -0.192. The number of aromatic carboxylic acids is 1. The highest BCUT2D eigenvalue weighted by Crippen LogP contribution is 2.27. The van der Waals surface area contributed by atoms with E-state index in [2.05, 4.69) is 10.0 Å². The smallest absolute Gasteiger partial charge is 0.478 e. The van der Waals surface area contributed by atoms with E-state index in [9.17, 15) is 40.7 Å². The summed E-state index contributed by atoms with van der Waals surface area (Å²) in [4.78, 5) is 36.5. The summed E-state index contributed by atoms with van der Waals surface area (Å²) in [7, 11) is -4.09. The Morgan fingerprint density at radius 3 is 2.05 bits per heavy atom. The van der Waals surface area contributed by atoms with Gasteiger partial charge in [0.15, 0.2) is 0 Å². The quantitative estimate of drug-likeness (QED) is 0.322. The van der Waals surface area contributed by atoms with Gasteiger partial charge in [0.25, 0.3) is 10.0 Å². The zero-order valence-corrected chi connectivity index (χ0v) is 22.1. The number of aliphatic carboxylic acids is 1. The van der Waals surface area contributed by atoms with Gasteiger partial charge in [-0.1, -0.05) is 6.92 Å². The number of hydrogen-bond acceptors (Lipinski definition) is 7. The molecule has 0 aromatic heterocycles. The molecule has 2 aromatic carbocycles. The second-order valence-electron chi connectivity index (χ2n) is 8.51. The fourth-order valence-electron chi connectivity index (χ4n) is 3.50. The van der Waals surface area contributed by atoms with Gasteiger partial charge in [-0.25, -0.2) is 22.4 Å². The van der Waals surface area contributed by atoms with Crippen LogP contribution in [-0.4, -0.2) is 86.8 Å². The number of sulfonamides is 1. The molecule has 1 saturated heterocycles. The van der Waals surface area contributed by atoms with Crippen molar-refractivity contribution in [1.29, 1.82) is 0 Å². The highest BCUT2D eigenvalue weighted by Gasteiger charge is 2.38. The highest BCUT2D eigenvalue weighted by atomic mass is 32.2. The van der Waals surface area contributed by atoms with Gasteiger partial charge in [-0.2, -0.15) is 13.2 Å². The SMILES string of the molecule is CCCNC(=O)CN1CCN(c2ccc(NS(=O)(=O)c3ccc(F)cc3)c(C(=O)O)c2)CC1.O=C(O)C(F)(F)F. The van der Waals surface area contributed by atoms with E-state index in [0.29, 0.717) is 45.0 Å². The number of hydrogen-bond donors (Lipinski definition) is 4. The lowest BCUT2D eigenvalue weighted by Gasteiger charge is -2.36. The Hall–Kier alpha value is -3.92. The molecule has 0 unspecified atom stereocenters. The van der Waals surface area contributed by atoms with Gasteiger partial charge in [0.05, 0.1) is 22.7 Å². The molecule has 0 bridgehead atoms. The molecule has 11 nitrogen and oxygen atoms in total. The zero-order chi connectivity index (χ0) is 30.1. The van der Waals surface area contributed by atoms with Gasteiger partial charge in [-0.3, -0.25) is 14.4 Å². The average Bonchev–Trinajstić information content (AvgIpc) is 2.88. The predicted molar refractivity (Wildman–Crippen MR) is 136 cm³/mol. The van der Waals surface area contributed by atoms with Crippen LogP contribution in [0.25, 0.3) is 0 Å². The molecule has 40 heavy (non-hydrogen) atoms. The third-order valence-corrected chi connectivity index (χ3v) is 6.90. The number of carbonyl (C=O) groups is 3. The summed E-state index contributed by atoms with van der Waals surface area (Å²) >= 11 is 0. The lowest BCUT2D eigenvalue weighted by atomic mass is 10.1. The van der Waals surface area contributed by atoms with Crippen LogP contribution in [0.1, 0.15) is 23.7 Å². The molecule has 1 aliphatic heterocycles. The Morgan fingerprint density at radius 1 is 0.975 bits per heavy atom. The molecule has 220 valence electrons. The van der Waals surface area contributed by atoms with Crippen molar-refractivity contribution in [2.75, 3.05) is 48.9 Å². The predicted octanol–water partition coefficient (Wildman–Crippen LogP) is 2.61. The first-order valence-electron chi connectivity index (χ1n) is 11.8. The topological polar surface area (TPSA) is 156 Å². The molecule has 1 aliphatic rings. The van der Waals surface area contributed by atoms with Crippen molar-refractivity contribution in [2.45, 2.75) is 24.4 Å². The molecule has 1 fully saturated rings. The number of carboxylic acid groups (broad SMARTS) is 2. The van der Waals surface area contributed by atoms with Crippen LogP contribution in [0.5, 0.6) is 0 Å². The number of amides is 1. The van der Waals surface area contributed by atoms with Crippen LogP contribution in [0.3, 0.4) is 0 Å². The first-order chi connectivity index (χ1) is 18.6. The van der Waals surface area contributed by atoms with Crippen molar-refractivity contribution < 1.29 is 50.6 Å². The van der Waals surface area contributed by atoms with Crippen molar-refractivity contribution in [3.63, 3.8) is 0 Å². The lowest BCUT2D eigenvalue weighted by Crippen LogP contribution is -2.49. The van der Waals surface area contributed by atoms with E-state index in [-0.39, 0.29) is 22.1 Å². The fourth-order valence-corrected chi connectivity index (χ4v) is 4.58. The first kappa shape index (κ1) is 32.3. The number of piperazine rings is 1. The number of halogens is 4. The van der Waals surface area contributed by atoms with E-state index in [1.54, 1.807) is 6.07 Å². The normalized spacial score (nSPS) is 14.1. The summed E-state index contributed by atoms with van der Waals surface area (Å²) < 4.78 is 72.3. The van der Waals surface area contributed by atoms with Gasteiger partial charge in [0.2, 0.25) is 5.91 Å². The van der Waals surface area contributed by atoms with E-state index >= 15 is 0 Å². The maximum absolute atomic E-state index is 13.1. The second kappa shape index (κ2) is 13.9. The Morgan fingerprint density at radius 2 is 1.55 bits per heavy atom. The number of rotatable bonds is 9. The van der Waals surface area contributed by atoms with Gasteiger partial charge in [0, 0.05) is 38.4 Å². The minimum Gasteiger partial charge on any atom is -0.478 e. The van der Waals surface area contributed by atoms with E-state index in [4.69, 9.17) is 9.90 Å². The minimum atomic E-state index is -5.08. The fraction of sp³-hybridized carbons (Fsp3) is 0.375. The second-order valence-corrected chi connectivity index (χ2v) is 10.2. The molecule has 0 saturated carbocycles. The molecule has 1 amide bonds. The molecular weight excluding hydrogens is 564 g/mol. The van der Waals surface area contributed by atoms with Crippen molar-refractivity contribution in [3.05, 3.63) is 53.8 Å². The monoisotopic (exact) mass is 592 g/mol. The highest BCUT2D eigenvalue weighted by molar-refractivity contribution is 7.92. The van der Waals surface area contributed by atoms with E-state index in [1.165, 1.54) is 12.1 Å². The minimum absolute atomic E-state index is 0.0174. The van der Waals surface area contributed by atoms with Crippen LogP contribution < -0.4 is 14.9 Å². The summed E-state index contributed by atoms with van der Waals surface area (Å²) in [6.07, 6.45) is -4.21. The Bertz CT molecular complexity index is 1300. The van der Waals surface area contributed by atoms with Crippen molar-refractivity contribution in [1.82, 2.24) is 10.2 Å². The summed E-state index contributed by atoms with van der Waals surface area (Å²) in [5, 5.41) is 19.6. The third-order valence-electron chi connectivity index (χ3n) is 5.52. The first-order valence-corrected chi connectivity index (χ1v) is 13.3. The van der Waals surface area contributed by atoms with Crippen LogP contribution in [0.15, 0.2) is 47.4 Å². The van der Waals surface area contributed by atoms with Crippen molar-refractivity contribution >= 4 is 39.2 Å². The van der Waals surface area contributed by atoms with Gasteiger partial charge >= 0.3 is 18.1 Å². The molecule has 0 atom stereocenters. The van der Waals surface area contributed by atoms with Crippen LogP contribution in [-0.2, 0) is 19.6 Å². The third kappa shape index (κ3) is 9.68. The summed E-state index contributed by atoms with van der Waals surface area (Å²) in [5.41, 5.74) is 0.369. The number of nitrogens with zero attached hydrogens (tertiary/aromatic N) is 2. The molecule has 0 aliphatic carbocycles. The number of benzene rings is 2. The van der Waals surface area contributed by atoms with Crippen LogP contribution >= 0.6 is 0 Å². The largest absolute Gasteiger partial charge is 0.490 e. The molecule has 1 heterocycles. The Labute approximate surface area is 227 Å². The van der Waals surface area contributed by atoms with E-state index < -0.39 is 34.0 Å². The van der Waals surface area contributed by atoms with Gasteiger partial charge in [0.1, 0.15) is 5.82 Å². The van der Waals surface area contributed by atoms with Crippen LogP contribution in [0.4, 0.5) is 28.9 Å². The van der Waals surface area contributed by atoms with Crippen molar-refractivity contribution in [3.8, 4) is 0 Å². The summed E-state index contributed by atoms with van der Waals surface area (Å²) in [6, 6.07) is 8.73. The van der Waals surface area contributed by atoms with Crippen LogP contribution in [0, 0.1) is 5.82 Å².